The van der Waals surface area contributed by atoms with Crippen molar-refractivity contribution in [2.45, 2.75) is 0 Å². The third kappa shape index (κ3) is 1.48. The summed E-state index contributed by atoms with van der Waals surface area (Å²) in [4.78, 5) is 0. The van der Waals surface area contributed by atoms with Crippen molar-refractivity contribution in [3.63, 3.8) is 0 Å². The van der Waals surface area contributed by atoms with Crippen LogP contribution in [0.4, 0.5) is 0 Å². The molecular formula is C8H4Cl-. The van der Waals surface area contributed by atoms with Crippen LogP contribution in [0.15, 0.2) is 24.3 Å². The second-order valence-electron chi connectivity index (χ2n) is 1.64. The highest BCUT2D eigenvalue weighted by Crippen LogP contribution is 2.08. The Morgan fingerprint density at radius 3 is 2.67 bits per heavy atom. The van der Waals surface area contributed by atoms with E-state index >= 15 is 0 Å². The maximum absolute atomic E-state index is 6.73. The molecule has 1 aromatic carbocycles. The van der Waals surface area contributed by atoms with E-state index in [2.05, 4.69) is 5.92 Å². The normalized spacial score (nSPS) is 8.44. The van der Waals surface area contributed by atoms with Gasteiger partial charge in [-0.15, -0.1) is 17.7 Å². The molecule has 0 fully saturated rings. The molecular weight excluding hydrogens is 132 g/mol. The summed E-state index contributed by atoms with van der Waals surface area (Å²) in [7, 11) is 0. The van der Waals surface area contributed by atoms with E-state index in [0.717, 1.165) is 0 Å². The van der Waals surface area contributed by atoms with Gasteiger partial charge in [0.05, 0.1) is 0 Å². The second-order valence-corrected chi connectivity index (χ2v) is 2.07. The smallest absolute Gasteiger partial charge is 0.0240 e. The monoisotopic (exact) mass is 135 g/mol. The van der Waals surface area contributed by atoms with Crippen molar-refractivity contribution in [1.29, 1.82) is 0 Å². The Morgan fingerprint density at radius 1 is 1.44 bits per heavy atom. The van der Waals surface area contributed by atoms with Gasteiger partial charge >= 0.3 is 0 Å². The fraction of sp³-hybridized carbons (Fsp3) is 0. The van der Waals surface area contributed by atoms with Gasteiger partial charge in [0.15, 0.2) is 0 Å². The highest BCUT2D eigenvalue weighted by atomic mass is 35.5. The van der Waals surface area contributed by atoms with E-state index in [1.807, 2.05) is 0 Å². The van der Waals surface area contributed by atoms with Crippen LogP contribution >= 0.6 is 11.6 Å². The Labute approximate surface area is 59.5 Å². The van der Waals surface area contributed by atoms with Gasteiger partial charge in [-0.2, -0.15) is 0 Å². The van der Waals surface area contributed by atoms with Gasteiger partial charge in [0.2, 0.25) is 0 Å². The molecule has 9 heavy (non-hydrogen) atoms. The lowest BCUT2D eigenvalue weighted by Crippen LogP contribution is -1.69. The molecule has 1 heteroatoms. The van der Waals surface area contributed by atoms with Crippen molar-refractivity contribution in [1.82, 2.24) is 0 Å². The summed E-state index contributed by atoms with van der Waals surface area (Å²) in [6.07, 6.45) is 6.73. The molecule has 0 saturated heterocycles. The molecule has 0 amide bonds. The Balaban J connectivity index is 3.12. The molecule has 0 unspecified atom stereocenters. The molecule has 0 atom stereocenters. The highest BCUT2D eigenvalue weighted by molar-refractivity contribution is 6.30. The fourth-order valence-electron chi connectivity index (χ4n) is 0.566. The van der Waals surface area contributed by atoms with E-state index in [0.29, 0.717) is 10.6 Å². The van der Waals surface area contributed by atoms with E-state index < -0.39 is 0 Å². The summed E-state index contributed by atoms with van der Waals surface area (Å²) in [5.41, 5.74) is 0.711. The summed E-state index contributed by atoms with van der Waals surface area (Å²) in [6.45, 7) is 0. The number of halogens is 1. The Hall–Kier alpha value is -0.930. The van der Waals surface area contributed by atoms with Gasteiger partial charge in [-0.05, 0) is 6.07 Å². The van der Waals surface area contributed by atoms with Gasteiger partial charge in [-0.3, -0.25) is 5.92 Å². The average molecular weight is 136 g/mol. The molecule has 0 aliphatic rings. The topological polar surface area (TPSA) is 0 Å². The largest absolute Gasteiger partial charge is 0.366 e. The molecule has 0 N–H and O–H groups in total. The van der Waals surface area contributed by atoms with Crippen molar-refractivity contribution in [3.05, 3.63) is 41.3 Å². The van der Waals surface area contributed by atoms with Crippen LogP contribution in [0.5, 0.6) is 0 Å². The van der Waals surface area contributed by atoms with E-state index in [4.69, 9.17) is 18.0 Å². The molecule has 1 aromatic rings. The maximum atomic E-state index is 6.73. The van der Waals surface area contributed by atoms with Gasteiger partial charge in [-0.1, -0.05) is 17.7 Å². The van der Waals surface area contributed by atoms with Crippen molar-refractivity contribution >= 4 is 11.6 Å². The third-order valence-corrected chi connectivity index (χ3v) is 1.20. The summed E-state index contributed by atoms with van der Waals surface area (Å²) in [6, 6.07) is 7.02. The minimum atomic E-state index is 0.646. The molecule has 44 valence electrons. The summed E-state index contributed by atoms with van der Waals surface area (Å²) >= 11 is 5.60. The lowest BCUT2D eigenvalue weighted by atomic mass is 10.2. The summed E-state index contributed by atoms with van der Waals surface area (Å²) < 4.78 is 0. The van der Waals surface area contributed by atoms with Crippen LogP contribution in [-0.2, 0) is 0 Å². The zero-order valence-electron chi connectivity index (χ0n) is 4.69. The van der Waals surface area contributed by atoms with Gasteiger partial charge in [0.25, 0.3) is 0 Å². The SMILES string of the molecule is [C-]#Cc1cccc(Cl)c1. The van der Waals surface area contributed by atoms with Crippen LogP contribution in [0.3, 0.4) is 0 Å². The first-order chi connectivity index (χ1) is 4.33. The number of benzene rings is 1. The van der Waals surface area contributed by atoms with E-state index in [1.54, 1.807) is 24.3 Å². The number of hydrogen-bond acceptors (Lipinski definition) is 0. The molecule has 1 rings (SSSR count). The first-order valence-corrected chi connectivity index (χ1v) is 2.89. The summed E-state index contributed by atoms with van der Waals surface area (Å²) in [5.74, 6) is 2.23. The maximum Gasteiger partial charge on any atom is 0.0240 e. The third-order valence-electron chi connectivity index (χ3n) is 0.969. The van der Waals surface area contributed by atoms with Gasteiger partial charge in [0, 0.05) is 5.02 Å². The molecule has 0 aromatic heterocycles. The average Bonchev–Trinajstić information content (AvgIpc) is 1.88. The molecule has 0 spiro atoms. The Bertz CT molecular complexity index is 245. The van der Waals surface area contributed by atoms with Crippen molar-refractivity contribution < 1.29 is 0 Å². The molecule has 0 bridgehead atoms. The predicted octanol–water partition coefficient (Wildman–Crippen LogP) is 2.28. The molecule has 0 saturated carbocycles. The summed E-state index contributed by atoms with van der Waals surface area (Å²) in [5, 5.41) is 0.646. The van der Waals surface area contributed by atoms with E-state index in [1.165, 1.54) is 0 Å². The van der Waals surface area contributed by atoms with Crippen LogP contribution in [0, 0.1) is 12.3 Å². The van der Waals surface area contributed by atoms with Crippen LogP contribution in [0.2, 0.25) is 5.02 Å². The van der Waals surface area contributed by atoms with E-state index in [-0.39, 0.29) is 0 Å². The molecule has 0 aliphatic heterocycles. The Kier molecular flexibility index (Phi) is 1.77. The van der Waals surface area contributed by atoms with Crippen LogP contribution in [0.25, 0.3) is 0 Å². The minimum Gasteiger partial charge on any atom is -0.366 e. The minimum absolute atomic E-state index is 0.646. The van der Waals surface area contributed by atoms with Crippen molar-refractivity contribution in [2.75, 3.05) is 0 Å². The molecule has 0 aliphatic carbocycles. The number of hydrogen-bond donors (Lipinski definition) is 0. The number of rotatable bonds is 0. The van der Waals surface area contributed by atoms with Gasteiger partial charge < -0.3 is 6.42 Å². The second kappa shape index (κ2) is 2.57. The standard InChI is InChI=1S/C8H4Cl/c1-2-7-4-3-5-8(9)6-7/h3-6H/q-1. The first kappa shape index (κ1) is 6.19. The lowest BCUT2D eigenvalue weighted by molar-refractivity contribution is 1.65. The first-order valence-electron chi connectivity index (χ1n) is 2.51. The highest BCUT2D eigenvalue weighted by Gasteiger charge is 1.78. The molecule has 0 radical (unpaired) electrons. The Morgan fingerprint density at radius 2 is 2.22 bits per heavy atom. The van der Waals surface area contributed by atoms with Crippen LogP contribution < -0.4 is 0 Å². The zero-order valence-corrected chi connectivity index (χ0v) is 5.44. The lowest BCUT2D eigenvalue weighted by Gasteiger charge is -1.97. The van der Waals surface area contributed by atoms with Crippen LogP contribution in [0.1, 0.15) is 5.56 Å². The van der Waals surface area contributed by atoms with E-state index in [9.17, 15) is 0 Å². The molecule has 0 heterocycles. The van der Waals surface area contributed by atoms with Crippen molar-refractivity contribution in [3.8, 4) is 5.92 Å². The van der Waals surface area contributed by atoms with Crippen molar-refractivity contribution in [2.24, 2.45) is 0 Å². The molecule has 0 nitrogen and oxygen atoms in total. The van der Waals surface area contributed by atoms with Gasteiger partial charge in [0.1, 0.15) is 0 Å². The predicted molar refractivity (Wildman–Crippen MR) is 37.7 cm³/mol. The fourth-order valence-corrected chi connectivity index (χ4v) is 0.757. The van der Waals surface area contributed by atoms with Gasteiger partial charge in [-0.25, -0.2) is 0 Å². The quantitative estimate of drug-likeness (QED) is 0.378. The van der Waals surface area contributed by atoms with Crippen LogP contribution in [-0.4, -0.2) is 0 Å². The zero-order chi connectivity index (χ0) is 6.69.